The molecule has 0 aliphatic carbocycles. The third kappa shape index (κ3) is 3.61. The maximum Gasteiger partial charge on any atom is 0.0331 e. The summed E-state index contributed by atoms with van der Waals surface area (Å²) in [6, 6.07) is 29.5. The molecule has 2 aliphatic heterocycles. The van der Waals surface area contributed by atoms with Crippen molar-refractivity contribution < 1.29 is 0 Å². The Bertz CT molecular complexity index is 1300. The van der Waals surface area contributed by atoms with E-state index in [1.54, 1.807) is 19.6 Å². The first kappa shape index (κ1) is 25.2. The zero-order valence-corrected chi connectivity index (χ0v) is 26.0. The van der Waals surface area contributed by atoms with Crippen LogP contribution in [0.15, 0.2) is 92.4 Å². The highest BCUT2D eigenvalue weighted by Gasteiger charge is 2.48. The largest absolute Gasteiger partial charge is 0.130 e. The minimum atomic E-state index is -1.59. The minimum Gasteiger partial charge on any atom is -0.130 e. The third-order valence-corrected chi connectivity index (χ3v) is 13.1. The van der Waals surface area contributed by atoms with E-state index in [2.05, 4.69) is 144 Å². The first-order valence-electron chi connectivity index (χ1n) is 13.7. The standard InChI is InChI=1S/C35H37IS/c1-20(2)24-8-12-28-29-13-9-25(21(3)4)17-33(29)37(32(28)16-24)34-18-26(22(5)6)10-14-30(34)31-15-11-27(23(7)36)19-35(31)37/h8-23H,1-7H3. The van der Waals surface area contributed by atoms with Crippen molar-refractivity contribution in [1.82, 2.24) is 0 Å². The summed E-state index contributed by atoms with van der Waals surface area (Å²) in [5.74, 6) is 1.50. The number of benzene rings is 4. The lowest BCUT2D eigenvalue weighted by atomic mass is 9.96. The van der Waals surface area contributed by atoms with E-state index in [1.807, 2.05) is 0 Å². The molecule has 2 heteroatoms. The van der Waals surface area contributed by atoms with Crippen LogP contribution in [0.3, 0.4) is 0 Å². The predicted molar refractivity (Wildman–Crippen MR) is 169 cm³/mol. The van der Waals surface area contributed by atoms with E-state index >= 15 is 0 Å². The van der Waals surface area contributed by atoms with E-state index in [4.69, 9.17) is 0 Å². The SMILES string of the molecule is CC(C)c1ccc2c(c1)S1(c3cc(C(C)C)ccc3-2)c2cc(C(C)C)ccc2-c2ccc(C(C)I)cc21. The fourth-order valence-corrected chi connectivity index (χ4v) is 11.2. The second kappa shape index (κ2) is 9.02. The molecule has 2 heterocycles. The molecule has 0 radical (unpaired) electrons. The molecule has 2 aliphatic rings. The lowest BCUT2D eigenvalue weighted by Gasteiger charge is -2.37. The molecule has 190 valence electrons. The number of rotatable bonds is 4. The van der Waals surface area contributed by atoms with Crippen LogP contribution in [0, 0.1) is 0 Å². The Balaban J connectivity index is 1.81. The second-order valence-corrected chi connectivity index (χ2v) is 16.6. The molecule has 0 nitrogen and oxygen atoms in total. The number of halogens is 1. The average Bonchev–Trinajstić information content (AvgIpc) is 3.33. The van der Waals surface area contributed by atoms with Crippen LogP contribution in [0.25, 0.3) is 22.3 Å². The van der Waals surface area contributed by atoms with Crippen LogP contribution < -0.4 is 0 Å². The summed E-state index contributed by atoms with van der Waals surface area (Å²) in [4.78, 5) is 6.20. The van der Waals surface area contributed by atoms with E-state index in [0.29, 0.717) is 21.7 Å². The average molecular weight is 617 g/mol. The molecule has 4 aromatic rings. The minimum absolute atomic E-state index is 0.471. The van der Waals surface area contributed by atoms with Crippen molar-refractivity contribution in [3.63, 3.8) is 0 Å². The zero-order chi connectivity index (χ0) is 26.2. The van der Waals surface area contributed by atoms with E-state index in [-0.39, 0.29) is 0 Å². The molecule has 0 aromatic heterocycles. The highest BCUT2D eigenvalue weighted by molar-refractivity contribution is 14.1. The van der Waals surface area contributed by atoms with Crippen LogP contribution in [-0.4, -0.2) is 0 Å². The molecule has 4 aromatic carbocycles. The molecule has 37 heavy (non-hydrogen) atoms. The van der Waals surface area contributed by atoms with Crippen LogP contribution in [0.4, 0.5) is 0 Å². The smallest absolute Gasteiger partial charge is 0.0331 e. The van der Waals surface area contributed by atoms with Crippen molar-refractivity contribution in [3.8, 4) is 22.3 Å². The van der Waals surface area contributed by atoms with Crippen molar-refractivity contribution in [2.24, 2.45) is 0 Å². The lowest BCUT2D eigenvalue weighted by Crippen LogP contribution is -2.02. The van der Waals surface area contributed by atoms with Crippen molar-refractivity contribution >= 4 is 32.6 Å². The Kier molecular flexibility index (Phi) is 6.15. The van der Waals surface area contributed by atoms with Gasteiger partial charge in [0, 0.05) is 23.5 Å². The topological polar surface area (TPSA) is 0 Å². The molecule has 0 saturated carbocycles. The van der Waals surface area contributed by atoms with Gasteiger partial charge in [-0.2, -0.15) is 0 Å². The maximum atomic E-state index is 2.58. The summed E-state index contributed by atoms with van der Waals surface area (Å²) < 4.78 is 0.471. The molecule has 0 bridgehead atoms. The molecule has 0 fully saturated rings. The Labute approximate surface area is 238 Å². The Morgan fingerprint density at radius 3 is 0.973 bits per heavy atom. The summed E-state index contributed by atoms with van der Waals surface area (Å²) in [5.41, 5.74) is 11.5. The van der Waals surface area contributed by atoms with E-state index in [1.165, 1.54) is 44.5 Å². The van der Waals surface area contributed by atoms with Crippen LogP contribution in [0.5, 0.6) is 0 Å². The van der Waals surface area contributed by atoms with Crippen molar-refractivity contribution in [3.05, 3.63) is 95.1 Å². The monoisotopic (exact) mass is 616 g/mol. The van der Waals surface area contributed by atoms with Crippen molar-refractivity contribution in [2.75, 3.05) is 0 Å². The molecule has 1 unspecified atom stereocenters. The van der Waals surface area contributed by atoms with Crippen molar-refractivity contribution in [2.45, 2.75) is 89.7 Å². The van der Waals surface area contributed by atoms with Gasteiger partial charge in [-0.1, -0.05) is 113 Å². The molecule has 0 N–H and O–H groups in total. The fraction of sp³-hybridized carbons (Fsp3) is 0.314. The zero-order valence-electron chi connectivity index (χ0n) is 23.0. The Morgan fingerprint density at radius 1 is 0.432 bits per heavy atom. The molecular formula is C35H37IS. The molecular weight excluding hydrogens is 579 g/mol. The van der Waals surface area contributed by atoms with Crippen LogP contribution in [0.1, 0.15) is 92.4 Å². The summed E-state index contributed by atoms with van der Waals surface area (Å²) in [6.07, 6.45) is 0. The van der Waals surface area contributed by atoms with Crippen LogP contribution >= 0.6 is 32.6 Å². The fourth-order valence-electron chi connectivity index (χ4n) is 6.09. The van der Waals surface area contributed by atoms with Gasteiger partial charge in [0.05, 0.1) is 0 Å². The predicted octanol–water partition coefficient (Wildman–Crippen LogP) is 11.9. The van der Waals surface area contributed by atoms with Gasteiger partial charge in [0.1, 0.15) is 0 Å². The molecule has 0 amide bonds. The van der Waals surface area contributed by atoms with Gasteiger partial charge in [0.15, 0.2) is 0 Å². The van der Waals surface area contributed by atoms with Gasteiger partial charge >= 0.3 is 0 Å². The maximum absolute atomic E-state index is 2.58. The highest BCUT2D eigenvalue weighted by atomic mass is 127. The number of fused-ring (bicyclic) bond motifs is 10. The summed E-state index contributed by atoms with van der Waals surface area (Å²) in [5, 5.41) is 0. The van der Waals surface area contributed by atoms with Gasteiger partial charge in [0.25, 0.3) is 0 Å². The first-order chi connectivity index (χ1) is 17.6. The van der Waals surface area contributed by atoms with Crippen molar-refractivity contribution in [1.29, 1.82) is 0 Å². The number of alkyl halides is 1. The first-order valence-corrected chi connectivity index (χ1v) is 16.6. The van der Waals surface area contributed by atoms with Gasteiger partial charge in [0.2, 0.25) is 0 Å². The summed E-state index contributed by atoms with van der Waals surface area (Å²) in [6.45, 7) is 16.3. The second-order valence-electron chi connectivity index (χ2n) is 11.7. The molecule has 0 saturated heterocycles. The number of hydrogen-bond acceptors (Lipinski definition) is 0. The molecule has 6 rings (SSSR count). The van der Waals surface area contributed by atoms with Gasteiger partial charge < -0.3 is 0 Å². The van der Waals surface area contributed by atoms with E-state index in [0.717, 1.165) is 0 Å². The Hall–Kier alpha value is -2.04. The van der Waals surface area contributed by atoms with Gasteiger partial charge in [-0.3, -0.25) is 0 Å². The van der Waals surface area contributed by atoms with Gasteiger partial charge in [-0.05, 0) is 93.5 Å². The number of hydrogen-bond donors (Lipinski definition) is 0. The van der Waals surface area contributed by atoms with E-state index in [9.17, 15) is 0 Å². The summed E-state index contributed by atoms with van der Waals surface area (Å²) in [7, 11) is -1.59. The van der Waals surface area contributed by atoms with Crippen LogP contribution in [0.2, 0.25) is 0 Å². The normalized spacial score (nSPS) is 16.2. The lowest BCUT2D eigenvalue weighted by molar-refractivity contribution is 0.861. The highest BCUT2D eigenvalue weighted by Crippen LogP contribution is 2.85. The Morgan fingerprint density at radius 2 is 0.703 bits per heavy atom. The molecule has 1 atom stereocenters. The van der Waals surface area contributed by atoms with Gasteiger partial charge in [-0.25, -0.2) is 0 Å². The quantitative estimate of drug-likeness (QED) is 0.137. The van der Waals surface area contributed by atoms with E-state index < -0.39 is 10.0 Å². The van der Waals surface area contributed by atoms with Crippen LogP contribution in [-0.2, 0) is 0 Å². The summed E-state index contributed by atoms with van der Waals surface area (Å²) >= 11 is 2.58. The molecule has 1 spiro atoms. The van der Waals surface area contributed by atoms with Gasteiger partial charge in [-0.15, -0.1) is 10.0 Å². The third-order valence-electron chi connectivity index (χ3n) is 8.38.